The van der Waals surface area contributed by atoms with Gasteiger partial charge in [0.25, 0.3) is 0 Å². The Balaban J connectivity index is 1.52. The van der Waals surface area contributed by atoms with Crippen molar-refractivity contribution in [3.05, 3.63) is 212 Å². The molecule has 1 aliphatic heterocycles. The van der Waals surface area contributed by atoms with Crippen LogP contribution in [-0.2, 0) is 0 Å². The maximum atomic E-state index is 11.4. The van der Waals surface area contributed by atoms with Gasteiger partial charge in [0.15, 0.2) is 57.5 Å². The molecule has 350 valence electrons. The molecule has 0 bridgehead atoms. The number of hydrogen-bond acceptors (Lipinski definition) is 17. The number of para-hydroxylation sites is 13. The first-order valence-electron chi connectivity index (χ1n) is 20.7. The van der Waals surface area contributed by atoms with Gasteiger partial charge in [-0.15, -0.1) is 0 Å². The Bertz CT molecular complexity index is 3180. The number of phenolic OH excluding ortho intramolecular Hbond substituents is 5. The van der Waals surface area contributed by atoms with Gasteiger partial charge in [-0.25, -0.2) is 0 Å². The number of hydrogen-bond donors (Lipinski definition) is 5. The van der Waals surface area contributed by atoms with Crippen molar-refractivity contribution in [3.63, 3.8) is 0 Å². The smallest absolute Gasteiger partial charge is 0.461 e. The normalized spacial score (nSPS) is 16.4. The first-order chi connectivity index (χ1) is 33.5. The fourth-order valence-electron chi connectivity index (χ4n) is 6.18. The Morgan fingerprint density at radius 1 is 0.217 bits per heavy atom. The summed E-state index contributed by atoms with van der Waals surface area (Å²) >= 11 is 0. The van der Waals surface area contributed by atoms with Gasteiger partial charge in [-0.3, -0.25) is 0 Å². The van der Waals surface area contributed by atoms with Crippen molar-refractivity contribution in [2.24, 2.45) is 18.1 Å². The van der Waals surface area contributed by atoms with Crippen LogP contribution >= 0.6 is 30.6 Å². The van der Waals surface area contributed by atoms with Gasteiger partial charge in [-0.05, 0) is 97.1 Å². The van der Waals surface area contributed by atoms with Gasteiger partial charge in [-0.1, -0.05) is 133 Å². The topological polar surface area (TPSA) is 224 Å². The maximum Gasteiger partial charge on any atom is 0.461 e. The maximum absolute atomic E-state index is 11.4. The van der Waals surface area contributed by atoms with Crippen LogP contribution < -0.4 is 36.2 Å². The summed E-state index contributed by atoms with van der Waals surface area (Å²) < 4.78 is 75.6. The Hall–Kier alpha value is -7.92. The van der Waals surface area contributed by atoms with Gasteiger partial charge < -0.3 is 61.7 Å². The molecule has 0 saturated heterocycles. The number of nitrogens with zero attached hydrogens (tertiary/aromatic N) is 4. The van der Waals surface area contributed by atoms with Gasteiger partial charge in [0.1, 0.15) is 17.2 Å². The third kappa shape index (κ3) is 11.1. The second-order valence-corrected chi connectivity index (χ2v) is 22.6. The average Bonchev–Trinajstić information content (AvgIpc) is 3.33. The summed E-state index contributed by atoms with van der Waals surface area (Å²) in [5.74, 6) is -2.81. The van der Waals surface area contributed by atoms with Crippen LogP contribution in [0.15, 0.2) is 230 Å². The zero-order chi connectivity index (χ0) is 47.7. The number of aromatic hydroxyl groups is 5. The lowest BCUT2D eigenvalue weighted by Gasteiger charge is -2.33. The predicted octanol–water partition coefficient (Wildman–Crippen LogP) is 14.9. The monoisotopic (exact) mass is 1000 g/mol. The molecule has 17 nitrogen and oxygen atoms in total. The predicted molar refractivity (Wildman–Crippen MR) is 262 cm³/mol. The van der Waals surface area contributed by atoms with Crippen molar-refractivity contribution >= 4 is 30.6 Å². The van der Waals surface area contributed by atoms with Gasteiger partial charge in [0.2, 0.25) is 0 Å². The zero-order valence-electron chi connectivity index (χ0n) is 35.8. The van der Waals surface area contributed by atoms with Crippen molar-refractivity contribution in [3.8, 4) is 74.7 Å². The molecule has 0 radical (unpaired) electrons. The Labute approximate surface area is 396 Å². The molecular formula is C48H40N4O13P4. The molecular weight excluding hydrogens is 964 g/mol. The van der Waals surface area contributed by atoms with E-state index in [1.54, 1.807) is 152 Å². The fraction of sp³-hybridized carbons (Fsp3) is 0. The molecule has 21 heteroatoms. The highest BCUT2D eigenvalue weighted by Gasteiger charge is 2.50. The highest BCUT2D eigenvalue weighted by Crippen LogP contribution is 2.80. The van der Waals surface area contributed by atoms with Crippen molar-refractivity contribution in [2.45, 2.75) is 0 Å². The molecule has 69 heavy (non-hydrogen) atoms. The number of rotatable bonds is 16. The first-order valence-corrected chi connectivity index (χ1v) is 26.8. The molecule has 5 N–H and O–H groups in total. The number of phenols is 5. The van der Waals surface area contributed by atoms with Crippen LogP contribution in [0.5, 0.6) is 74.7 Å². The van der Waals surface area contributed by atoms with Crippen LogP contribution in [0.3, 0.4) is 0 Å². The summed E-state index contributed by atoms with van der Waals surface area (Å²) in [6, 6.07) is 54.5. The molecule has 0 amide bonds. The molecule has 1 heterocycles. The van der Waals surface area contributed by atoms with E-state index in [0.717, 1.165) is 0 Å². The molecule has 8 aromatic carbocycles. The minimum atomic E-state index is -5.01. The first kappa shape index (κ1) is 46.2. The largest absolute Gasteiger partial charge is 0.504 e. The van der Waals surface area contributed by atoms with E-state index in [1.165, 1.54) is 60.7 Å². The molecule has 0 saturated carbocycles. The van der Waals surface area contributed by atoms with Crippen LogP contribution in [0.4, 0.5) is 0 Å². The zero-order valence-corrected chi connectivity index (χ0v) is 39.4. The van der Waals surface area contributed by atoms with E-state index in [4.69, 9.17) is 54.3 Å². The van der Waals surface area contributed by atoms with Gasteiger partial charge in [-0.2, -0.15) is 0 Å². The number of benzene rings is 8. The molecule has 8 aromatic rings. The minimum Gasteiger partial charge on any atom is -0.504 e. The lowest BCUT2D eigenvalue weighted by atomic mass is 10.3. The van der Waals surface area contributed by atoms with E-state index in [-0.39, 0.29) is 51.7 Å². The second kappa shape index (κ2) is 20.1. The van der Waals surface area contributed by atoms with Crippen molar-refractivity contribution < 1.29 is 61.7 Å². The molecule has 1 aliphatic rings. The Morgan fingerprint density at radius 3 is 0.609 bits per heavy atom. The van der Waals surface area contributed by atoms with Crippen LogP contribution in [-0.4, -0.2) is 25.5 Å². The quantitative estimate of drug-likeness (QED) is 0.0569. The molecule has 9 rings (SSSR count). The van der Waals surface area contributed by atoms with Gasteiger partial charge >= 0.3 is 30.6 Å². The highest BCUT2D eigenvalue weighted by atomic mass is 31.3. The summed E-state index contributed by atoms with van der Waals surface area (Å²) in [6.07, 6.45) is 0. The minimum absolute atomic E-state index is 0.118. The van der Waals surface area contributed by atoms with E-state index in [1.807, 2.05) is 0 Å². The lowest BCUT2D eigenvalue weighted by Crippen LogP contribution is -2.11. The third-order valence-corrected chi connectivity index (χ3v) is 20.0. The molecule has 0 fully saturated rings. The molecule has 0 spiro atoms. The summed E-state index contributed by atoms with van der Waals surface area (Å²) in [5.41, 5.74) is 0. The summed E-state index contributed by atoms with van der Waals surface area (Å²) in [4.78, 5) is 0. The standard InChI is InChI=1S/C48H40N4O13P4/c53-39-26-10-15-31-44(39)61-67(60-38-24-8-3-9-25-38)49-66(58-36-20-4-1-5-21-36,59-37-22-6-2-7-23-37)50-68(62-45-32-16-11-27-40(45)54,63-46-33-17-12-28-41(46)55)52-69(51-67,64-47-34-18-13-29-42(47)56)65-48-35-19-14-30-43(48)57/h1-35,53-57H. The van der Waals surface area contributed by atoms with E-state index in [2.05, 4.69) is 0 Å². The molecule has 1 unspecified atom stereocenters. The lowest BCUT2D eigenvalue weighted by molar-refractivity contribution is 0.395. The summed E-state index contributed by atoms with van der Waals surface area (Å²) in [5, 5.41) is 57.2. The average molecular weight is 1000 g/mol. The van der Waals surface area contributed by atoms with Gasteiger partial charge in [0, 0.05) is 0 Å². The van der Waals surface area contributed by atoms with E-state index < -0.39 is 53.6 Å². The van der Waals surface area contributed by atoms with Crippen molar-refractivity contribution in [2.75, 3.05) is 0 Å². The summed E-state index contributed by atoms with van der Waals surface area (Å²) in [7, 11) is -19.6. The molecule has 1 atom stereocenters. The summed E-state index contributed by atoms with van der Waals surface area (Å²) in [6.45, 7) is 0. The van der Waals surface area contributed by atoms with Crippen molar-refractivity contribution in [1.29, 1.82) is 0 Å². The van der Waals surface area contributed by atoms with Crippen LogP contribution in [0.25, 0.3) is 0 Å². The SMILES string of the molecule is Oc1ccccc1OP1(Oc2ccccc2)=NP(Oc2ccccc2)(Oc2ccccc2)=NP(Oc2ccccc2O)(Oc2ccccc2O)=NP(Oc2ccccc2O)(Oc2ccccc2O)=N1. The third-order valence-electron chi connectivity index (χ3n) is 9.22. The molecule has 0 aliphatic carbocycles. The van der Waals surface area contributed by atoms with E-state index in [9.17, 15) is 25.5 Å². The van der Waals surface area contributed by atoms with Crippen molar-refractivity contribution in [1.82, 2.24) is 0 Å². The van der Waals surface area contributed by atoms with E-state index >= 15 is 0 Å². The van der Waals surface area contributed by atoms with Crippen LogP contribution in [0.1, 0.15) is 0 Å². The highest BCUT2D eigenvalue weighted by molar-refractivity contribution is 7.79. The van der Waals surface area contributed by atoms with Gasteiger partial charge in [0.05, 0.1) is 0 Å². The second-order valence-electron chi connectivity index (χ2n) is 14.3. The fourth-order valence-corrected chi connectivity index (χ4v) is 18.3. The van der Waals surface area contributed by atoms with Crippen LogP contribution in [0, 0.1) is 0 Å². The van der Waals surface area contributed by atoms with Crippen LogP contribution in [0.2, 0.25) is 0 Å². The van der Waals surface area contributed by atoms with E-state index in [0.29, 0.717) is 0 Å². The Morgan fingerprint density at radius 2 is 0.391 bits per heavy atom. The Kier molecular flexibility index (Phi) is 13.5. The molecule has 0 aromatic heterocycles.